The number of carbonyl (C=O) groups excluding carboxylic acids is 2. The van der Waals surface area contributed by atoms with Gasteiger partial charge in [0.05, 0.1) is 0 Å². The van der Waals surface area contributed by atoms with Gasteiger partial charge >= 0.3 is 0 Å². The van der Waals surface area contributed by atoms with E-state index < -0.39 is 6.04 Å². The Hall–Kier alpha value is -3.67. The molecule has 1 saturated carbocycles. The third-order valence-electron chi connectivity index (χ3n) is 6.77. The monoisotopic (exact) mass is 456 g/mol. The van der Waals surface area contributed by atoms with E-state index in [-0.39, 0.29) is 23.6 Å². The first-order valence-corrected chi connectivity index (χ1v) is 11.9. The molecule has 3 aromatic rings. The van der Waals surface area contributed by atoms with Crippen molar-refractivity contribution in [1.82, 2.24) is 10.6 Å². The molecule has 1 aliphatic carbocycles. The number of benzene rings is 3. The number of hydrogen-bond acceptors (Lipinski definition) is 3. The number of nitrogens with two attached hydrogens (primary N) is 1. The minimum atomic E-state index is -0.606. The summed E-state index contributed by atoms with van der Waals surface area (Å²) in [6, 6.07) is 21.5. The number of amidine groups is 1. The second-order valence-corrected chi connectivity index (χ2v) is 9.23. The van der Waals surface area contributed by atoms with Gasteiger partial charge in [0.15, 0.2) is 0 Å². The minimum Gasteiger partial charge on any atom is -0.384 e. The molecule has 0 aliphatic heterocycles. The maximum absolute atomic E-state index is 13.0. The molecule has 3 aromatic carbocycles. The molecule has 1 aliphatic rings. The van der Waals surface area contributed by atoms with Crippen molar-refractivity contribution in [1.29, 1.82) is 5.41 Å². The Kier molecular flexibility index (Phi) is 7.26. The molecular formula is C28H32N4O2. The summed E-state index contributed by atoms with van der Waals surface area (Å²) >= 11 is 0. The molecule has 0 radical (unpaired) electrons. The summed E-state index contributed by atoms with van der Waals surface area (Å²) in [5.74, 6) is 0.0260. The normalized spacial score (nSPS) is 18.7. The van der Waals surface area contributed by atoms with Crippen molar-refractivity contribution in [2.24, 2.45) is 11.7 Å². The number of carbonyl (C=O) groups is 2. The van der Waals surface area contributed by atoms with Crippen molar-refractivity contribution in [2.45, 2.75) is 51.1 Å². The van der Waals surface area contributed by atoms with Gasteiger partial charge in [0, 0.05) is 18.0 Å². The van der Waals surface area contributed by atoms with Crippen LogP contribution in [0.1, 0.15) is 55.2 Å². The van der Waals surface area contributed by atoms with Crippen LogP contribution < -0.4 is 16.4 Å². The molecule has 6 heteroatoms. The smallest absolute Gasteiger partial charge is 0.242 e. The van der Waals surface area contributed by atoms with Crippen LogP contribution in [0.15, 0.2) is 66.7 Å². The summed E-state index contributed by atoms with van der Waals surface area (Å²) < 4.78 is 0. The average molecular weight is 457 g/mol. The third kappa shape index (κ3) is 5.63. The SMILES string of the molecule is C[C@H](NC(=O)[C@@H]1CCC[C@H](c2ccc3ccccc3c2)C1)C(=O)NCc1ccc(C(=N)N)cc1. The van der Waals surface area contributed by atoms with Crippen LogP contribution in [0.4, 0.5) is 0 Å². The number of fused-ring (bicyclic) bond motifs is 1. The number of hydrogen-bond donors (Lipinski definition) is 4. The summed E-state index contributed by atoms with van der Waals surface area (Å²) in [6.07, 6.45) is 3.75. The van der Waals surface area contributed by atoms with E-state index in [2.05, 4.69) is 47.0 Å². The molecule has 2 amide bonds. The fourth-order valence-electron chi connectivity index (χ4n) is 4.73. The summed E-state index contributed by atoms with van der Waals surface area (Å²) in [4.78, 5) is 25.5. The lowest BCUT2D eigenvalue weighted by Gasteiger charge is -2.29. The Morgan fingerprint density at radius 1 is 1.03 bits per heavy atom. The minimum absolute atomic E-state index is 0.0116. The molecule has 34 heavy (non-hydrogen) atoms. The van der Waals surface area contributed by atoms with Crippen molar-refractivity contribution >= 4 is 28.4 Å². The number of rotatable bonds is 7. The summed E-state index contributed by atoms with van der Waals surface area (Å²) in [5, 5.41) is 15.7. The number of nitrogen functional groups attached to an aromatic ring is 1. The van der Waals surface area contributed by atoms with Crippen LogP contribution in [-0.4, -0.2) is 23.7 Å². The second-order valence-electron chi connectivity index (χ2n) is 9.23. The zero-order chi connectivity index (χ0) is 24.1. The fraction of sp³-hybridized carbons (Fsp3) is 0.321. The van der Waals surface area contributed by atoms with E-state index in [0.29, 0.717) is 18.0 Å². The first-order chi connectivity index (χ1) is 16.4. The number of amides is 2. The third-order valence-corrected chi connectivity index (χ3v) is 6.77. The summed E-state index contributed by atoms with van der Waals surface area (Å²) in [7, 11) is 0. The van der Waals surface area contributed by atoms with Gasteiger partial charge in [-0.1, -0.05) is 73.2 Å². The fourth-order valence-corrected chi connectivity index (χ4v) is 4.73. The molecule has 0 heterocycles. The molecule has 4 rings (SSSR count). The van der Waals surface area contributed by atoms with Gasteiger partial charge in [0.2, 0.25) is 11.8 Å². The van der Waals surface area contributed by atoms with Crippen molar-refractivity contribution in [3.8, 4) is 0 Å². The highest BCUT2D eigenvalue weighted by Crippen LogP contribution is 2.37. The zero-order valence-corrected chi connectivity index (χ0v) is 19.5. The van der Waals surface area contributed by atoms with Gasteiger partial charge in [-0.2, -0.15) is 0 Å². The van der Waals surface area contributed by atoms with Crippen molar-refractivity contribution in [2.75, 3.05) is 0 Å². The Morgan fingerprint density at radius 3 is 2.50 bits per heavy atom. The lowest BCUT2D eigenvalue weighted by atomic mass is 9.77. The largest absolute Gasteiger partial charge is 0.384 e. The zero-order valence-electron chi connectivity index (χ0n) is 19.5. The first-order valence-electron chi connectivity index (χ1n) is 11.9. The van der Waals surface area contributed by atoms with Crippen LogP contribution >= 0.6 is 0 Å². The van der Waals surface area contributed by atoms with E-state index in [9.17, 15) is 9.59 Å². The van der Waals surface area contributed by atoms with Gasteiger partial charge in [0.1, 0.15) is 11.9 Å². The second kappa shape index (κ2) is 10.5. The Balaban J connectivity index is 1.30. The molecule has 0 aromatic heterocycles. The number of nitrogens with one attached hydrogen (secondary N) is 3. The van der Waals surface area contributed by atoms with Gasteiger partial charge in [-0.15, -0.1) is 0 Å². The van der Waals surface area contributed by atoms with Gasteiger partial charge < -0.3 is 16.4 Å². The van der Waals surface area contributed by atoms with Crippen LogP contribution in [-0.2, 0) is 16.1 Å². The van der Waals surface area contributed by atoms with Crippen LogP contribution in [0.5, 0.6) is 0 Å². The van der Waals surface area contributed by atoms with Crippen molar-refractivity contribution in [3.63, 3.8) is 0 Å². The standard InChI is InChI=1S/C28H32N4O2/c1-18(27(33)31-17-19-9-11-21(12-10-19)26(29)30)32-28(34)25-8-4-7-23(16-25)24-14-13-20-5-2-3-6-22(20)15-24/h2-3,5-6,9-15,18,23,25H,4,7-8,16-17H2,1H3,(H3,29,30)(H,31,33)(H,32,34)/t18-,23-,25+/m0/s1. The van der Waals surface area contributed by atoms with Crippen LogP contribution in [0.3, 0.4) is 0 Å². The van der Waals surface area contributed by atoms with Crippen molar-refractivity contribution < 1.29 is 9.59 Å². The topological polar surface area (TPSA) is 108 Å². The molecular weight excluding hydrogens is 424 g/mol. The molecule has 6 nitrogen and oxygen atoms in total. The van der Waals surface area contributed by atoms with Crippen LogP contribution in [0, 0.1) is 11.3 Å². The summed E-state index contributed by atoms with van der Waals surface area (Å²) in [5.41, 5.74) is 8.31. The van der Waals surface area contributed by atoms with Gasteiger partial charge in [-0.05, 0) is 54.0 Å². The van der Waals surface area contributed by atoms with Crippen LogP contribution in [0.2, 0.25) is 0 Å². The van der Waals surface area contributed by atoms with E-state index in [1.807, 2.05) is 18.2 Å². The van der Waals surface area contributed by atoms with Gasteiger partial charge in [-0.25, -0.2) is 0 Å². The highest BCUT2D eigenvalue weighted by atomic mass is 16.2. The first kappa shape index (κ1) is 23.5. The van der Waals surface area contributed by atoms with Crippen molar-refractivity contribution in [3.05, 3.63) is 83.4 Å². The van der Waals surface area contributed by atoms with Gasteiger partial charge in [0.25, 0.3) is 0 Å². The maximum Gasteiger partial charge on any atom is 0.242 e. The molecule has 0 bridgehead atoms. The summed E-state index contributed by atoms with van der Waals surface area (Å²) in [6.45, 7) is 2.07. The molecule has 0 spiro atoms. The van der Waals surface area contributed by atoms with E-state index >= 15 is 0 Å². The Morgan fingerprint density at radius 2 is 1.76 bits per heavy atom. The maximum atomic E-state index is 13.0. The van der Waals surface area contributed by atoms with E-state index in [1.54, 1.807) is 19.1 Å². The molecule has 176 valence electrons. The predicted molar refractivity (Wildman–Crippen MR) is 136 cm³/mol. The van der Waals surface area contributed by atoms with E-state index in [4.69, 9.17) is 11.1 Å². The van der Waals surface area contributed by atoms with E-state index in [1.165, 1.54) is 16.3 Å². The Labute approximate surface area is 200 Å². The quantitative estimate of drug-likeness (QED) is 0.316. The van der Waals surface area contributed by atoms with Crippen LogP contribution in [0.25, 0.3) is 10.8 Å². The lowest BCUT2D eigenvalue weighted by Crippen LogP contribution is -2.47. The molecule has 5 N–H and O–H groups in total. The highest BCUT2D eigenvalue weighted by Gasteiger charge is 2.29. The molecule has 3 atom stereocenters. The predicted octanol–water partition coefficient (Wildman–Crippen LogP) is 4.22. The highest BCUT2D eigenvalue weighted by molar-refractivity contribution is 5.95. The van der Waals surface area contributed by atoms with Gasteiger partial charge in [-0.3, -0.25) is 15.0 Å². The lowest BCUT2D eigenvalue weighted by molar-refractivity contribution is -0.131. The molecule has 0 saturated heterocycles. The Bertz CT molecular complexity index is 1190. The van der Waals surface area contributed by atoms with E-state index in [0.717, 1.165) is 31.2 Å². The average Bonchev–Trinajstić information content (AvgIpc) is 2.87. The molecule has 1 fully saturated rings. The molecule has 0 unspecified atom stereocenters.